The fourth-order valence-corrected chi connectivity index (χ4v) is 3.42. The van der Waals surface area contributed by atoms with Gasteiger partial charge in [0.2, 0.25) is 0 Å². The number of fused-ring (bicyclic) bond motifs is 1. The fourth-order valence-electron chi connectivity index (χ4n) is 3.42. The average molecular weight is 340 g/mol. The normalized spacial score (nSPS) is 20.4. The van der Waals surface area contributed by atoms with Crippen molar-refractivity contribution in [2.75, 3.05) is 26.3 Å². The van der Waals surface area contributed by atoms with E-state index < -0.39 is 0 Å². The van der Waals surface area contributed by atoms with Crippen LogP contribution < -0.4 is 9.47 Å². The lowest BCUT2D eigenvalue weighted by atomic mass is 10.1. The number of hydrogen-bond acceptors (Lipinski definition) is 5. The lowest BCUT2D eigenvalue weighted by Crippen LogP contribution is -2.39. The second-order valence-electron chi connectivity index (χ2n) is 6.61. The molecular weight excluding hydrogens is 316 g/mol. The van der Waals surface area contributed by atoms with Crippen LogP contribution >= 0.6 is 0 Å². The van der Waals surface area contributed by atoms with Crippen LogP contribution in [0.3, 0.4) is 0 Å². The molecule has 1 aromatic carbocycles. The Kier molecular flexibility index (Phi) is 5.14. The van der Waals surface area contributed by atoms with Crippen LogP contribution in [0.2, 0.25) is 0 Å². The summed E-state index contributed by atoms with van der Waals surface area (Å²) >= 11 is 0. The number of nitrogens with zero attached hydrogens (tertiary/aromatic N) is 2. The molecule has 0 saturated carbocycles. The third-order valence-electron chi connectivity index (χ3n) is 4.67. The molecule has 5 heteroatoms. The minimum absolute atomic E-state index is 0.271. The minimum atomic E-state index is 0.271. The van der Waals surface area contributed by atoms with Crippen LogP contribution in [0.1, 0.15) is 24.1 Å². The van der Waals surface area contributed by atoms with Crippen LogP contribution in [0, 0.1) is 0 Å². The number of ether oxygens (including phenoxy) is 3. The molecule has 1 fully saturated rings. The Bertz CT molecular complexity index is 693. The number of likely N-dealkylation sites (tertiary alicyclic amines) is 1. The predicted octanol–water partition coefficient (Wildman–Crippen LogP) is 3.03. The molecule has 1 aromatic heterocycles. The Labute approximate surface area is 148 Å². The maximum Gasteiger partial charge on any atom is 0.161 e. The summed E-state index contributed by atoms with van der Waals surface area (Å²) in [5.74, 6) is 1.72. The smallest absolute Gasteiger partial charge is 0.161 e. The zero-order chi connectivity index (χ0) is 16.9. The quantitative estimate of drug-likeness (QED) is 0.837. The van der Waals surface area contributed by atoms with Crippen molar-refractivity contribution in [1.29, 1.82) is 0 Å². The Morgan fingerprint density at radius 2 is 2.04 bits per heavy atom. The zero-order valence-electron chi connectivity index (χ0n) is 14.4. The first-order valence-corrected chi connectivity index (χ1v) is 8.99. The van der Waals surface area contributed by atoms with Gasteiger partial charge in [0.1, 0.15) is 13.2 Å². The molecule has 4 rings (SSSR count). The first kappa shape index (κ1) is 16.4. The highest BCUT2D eigenvalue weighted by Crippen LogP contribution is 2.31. The van der Waals surface area contributed by atoms with Crippen molar-refractivity contribution in [3.63, 3.8) is 0 Å². The van der Waals surface area contributed by atoms with Crippen molar-refractivity contribution in [2.24, 2.45) is 0 Å². The molecule has 0 amide bonds. The number of benzene rings is 1. The van der Waals surface area contributed by atoms with Gasteiger partial charge in [0.05, 0.1) is 18.4 Å². The standard InChI is InChI=1S/C20H24N2O3/c1-2-8-21-17(4-1)15-25-18-5-3-9-22(14-18)13-16-6-7-19-20(12-16)24-11-10-23-19/h1-2,4,6-8,12,18H,3,5,9-11,13-15H2. The maximum absolute atomic E-state index is 6.08. The van der Waals surface area contributed by atoms with Gasteiger partial charge >= 0.3 is 0 Å². The minimum Gasteiger partial charge on any atom is -0.486 e. The Morgan fingerprint density at radius 1 is 1.12 bits per heavy atom. The van der Waals surface area contributed by atoms with Crippen molar-refractivity contribution >= 4 is 0 Å². The van der Waals surface area contributed by atoms with Gasteiger partial charge in [-0.25, -0.2) is 0 Å². The third kappa shape index (κ3) is 4.30. The van der Waals surface area contributed by atoms with Crippen LogP contribution in [0.5, 0.6) is 11.5 Å². The lowest BCUT2D eigenvalue weighted by molar-refractivity contribution is -0.0132. The van der Waals surface area contributed by atoms with Gasteiger partial charge in [-0.3, -0.25) is 9.88 Å². The number of hydrogen-bond donors (Lipinski definition) is 0. The van der Waals surface area contributed by atoms with Crippen molar-refractivity contribution < 1.29 is 14.2 Å². The summed E-state index contributed by atoms with van der Waals surface area (Å²) in [6.45, 7) is 4.83. The van der Waals surface area contributed by atoms with Crippen LogP contribution in [-0.2, 0) is 17.9 Å². The first-order chi connectivity index (χ1) is 12.4. The predicted molar refractivity (Wildman–Crippen MR) is 94.8 cm³/mol. The molecule has 1 saturated heterocycles. The van der Waals surface area contributed by atoms with Gasteiger partial charge in [-0.2, -0.15) is 0 Å². The van der Waals surface area contributed by atoms with Crippen molar-refractivity contribution in [3.05, 3.63) is 53.9 Å². The molecule has 1 unspecified atom stereocenters. The van der Waals surface area contributed by atoms with E-state index in [1.54, 1.807) is 0 Å². The van der Waals surface area contributed by atoms with E-state index in [0.29, 0.717) is 19.8 Å². The highest BCUT2D eigenvalue weighted by atomic mass is 16.6. The summed E-state index contributed by atoms with van der Waals surface area (Å²) in [5.41, 5.74) is 2.25. The monoisotopic (exact) mass is 340 g/mol. The number of aromatic nitrogens is 1. The summed E-state index contributed by atoms with van der Waals surface area (Å²) in [7, 11) is 0. The molecular formula is C20H24N2O3. The lowest BCUT2D eigenvalue weighted by Gasteiger charge is -2.32. The molecule has 0 N–H and O–H groups in total. The van der Waals surface area contributed by atoms with Gasteiger partial charge in [0, 0.05) is 19.3 Å². The van der Waals surface area contributed by atoms with E-state index in [1.165, 1.54) is 5.56 Å². The van der Waals surface area contributed by atoms with Crippen LogP contribution in [-0.4, -0.2) is 42.3 Å². The summed E-state index contributed by atoms with van der Waals surface area (Å²) in [6.07, 6.45) is 4.36. The van der Waals surface area contributed by atoms with Gasteiger partial charge < -0.3 is 14.2 Å². The molecule has 0 spiro atoms. The second kappa shape index (κ2) is 7.85. The molecule has 0 radical (unpaired) electrons. The largest absolute Gasteiger partial charge is 0.486 e. The van der Waals surface area contributed by atoms with Gasteiger partial charge in [0.15, 0.2) is 11.5 Å². The Balaban J connectivity index is 1.32. The molecule has 25 heavy (non-hydrogen) atoms. The highest BCUT2D eigenvalue weighted by molar-refractivity contribution is 5.43. The molecule has 132 valence electrons. The molecule has 0 bridgehead atoms. The first-order valence-electron chi connectivity index (χ1n) is 8.99. The topological polar surface area (TPSA) is 43.8 Å². The Morgan fingerprint density at radius 3 is 2.92 bits per heavy atom. The van der Waals surface area contributed by atoms with Gasteiger partial charge in [-0.05, 0) is 49.2 Å². The summed E-state index contributed by atoms with van der Waals surface area (Å²) < 4.78 is 17.4. The van der Waals surface area contributed by atoms with E-state index in [2.05, 4.69) is 22.0 Å². The summed E-state index contributed by atoms with van der Waals surface area (Å²) in [6, 6.07) is 12.2. The van der Waals surface area contributed by atoms with E-state index >= 15 is 0 Å². The molecule has 2 aliphatic rings. The summed E-state index contributed by atoms with van der Waals surface area (Å²) in [5, 5.41) is 0. The zero-order valence-corrected chi connectivity index (χ0v) is 14.4. The van der Waals surface area contributed by atoms with Crippen LogP contribution in [0.15, 0.2) is 42.6 Å². The molecule has 2 aliphatic heterocycles. The average Bonchev–Trinajstić information content (AvgIpc) is 2.67. The van der Waals surface area contributed by atoms with Crippen LogP contribution in [0.25, 0.3) is 0 Å². The third-order valence-corrected chi connectivity index (χ3v) is 4.67. The summed E-state index contributed by atoms with van der Waals surface area (Å²) in [4.78, 5) is 6.78. The molecule has 3 heterocycles. The van der Waals surface area contributed by atoms with E-state index in [-0.39, 0.29) is 6.10 Å². The fraction of sp³-hybridized carbons (Fsp3) is 0.450. The highest BCUT2D eigenvalue weighted by Gasteiger charge is 2.21. The van der Waals surface area contributed by atoms with Gasteiger partial charge in [0.25, 0.3) is 0 Å². The number of piperidine rings is 1. The molecule has 2 aromatic rings. The second-order valence-corrected chi connectivity index (χ2v) is 6.61. The van der Waals surface area contributed by atoms with Crippen molar-refractivity contribution in [1.82, 2.24) is 9.88 Å². The van der Waals surface area contributed by atoms with Crippen molar-refractivity contribution in [2.45, 2.75) is 32.1 Å². The van der Waals surface area contributed by atoms with Crippen molar-refractivity contribution in [3.8, 4) is 11.5 Å². The van der Waals surface area contributed by atoms with E-state index in [4.69, 9.17) is 14.2 Å². The molecule has 1 atom stereocenters. The Hall–Kier alpha value is -2.11. The van der Waals surface area contributed by atoms with Crippen LogP contribution in [0.4, 0.5) is 0 Å². The molecule has 5 nitrogen and oxygen atoms in total. The maximum atomic E-state index is 6.08. The van der Waals surface area contributed by atoms with Gasteiger partial charge in [-0.1, -0.05) is 12.1 Å². The molecule has 0 aliphatic carbocycles. The van der Waals surface area contributed by atoms with E-state index in [0.717, 1.165) is 49.7 Å². The number of rotatable bonds is 5. The SMILES string of the molecule is c1ccc(COC2CCCN(Cc3ccc4c(c3)OCCO4)C2)nc1. The number of pyridine rings is 1. The van der Waals surface area contributed by atoms with E-state index in [1.807, 2.05) is 30.5 Å². The van der Waals surface area contributed by atoms with Gasteiger partial charge in [-0.15, -0.1) is 0 Å². The van der Waals surface area contributed by atoms with E-state index in [9.17, 15) is 0 Å².